The number of benzene rings is 10. The van der Waals surface area contributed by atoms with Crippen molar-refractivity contribution < 1.29 is 4.74 Å². The Balaban J connectivity index is 0.933. The van der Waals surface area contributed by atoms with Crippen LogP contribution in [0.25, 0.3) is 110 Å². The Morgan fingerprint density at radius 3 is 1.56 bits per heavy atom. The molecule has 0 spiro atoms. The quantitative estimate of drug-likeness (QED) is 0.170. The molecule has 0 atom stereocenters. The summed E-state index contributed by atoms with van der Waals surface area (Å²) in [5, 5.41) is 20.5. The van der Waals surface area contributed by atoms with E-state index in [9.17, 15) is 5.26 Å². The first-order valence-corrected chi connectivity index (χ1v) is 19.2. The molecule has 12 rings (SSSR count). The minimum atomic E-state index is 0.591. The molecule has 57 heavy (non-hydrogen) atoms. The van der Waals surface area contributed by atoms with E-state index in [-0.39, 0.29) is 0 Å². The molecular formula is C54H30N2O. The highest BCUT2D eigenvalue weighted by Gasteiger charge is 2.22. The molecule has 10 aromatic carbocycles. The summed E-state index contributed by atoms with van der Waals surface area (Å²) in [6.07, 6.45) is 1.87. The fraction of sp³-hybridized carbons (Fsp3) is 0. The minimum Gasteiger partial charge on any atom is -0.456 e. The maximum absolute atomic E-state index is 9.46. The lowest BCUT2D eigenvalue weighted by atomic mass is 9.86. The second kappa shape index (κ2) is 12.1. The van der Waals surface area contributed by atoms with Crippen LogP contribution < -0.4 is 4.74 Å². The van der Waals surface area contributed by atoms with E-state index in [1.807, 2.05) is 42.6 Å². The van der Waals surface area contributed by atoms with Crippen molar-refractivity contribution in [1.29, 1.82) is 5.26 Å². The van der Waals surface area contributed by atoms with Crippen LogP contribution in [0.15, 0.2) is 182 Å². The van der Waals surface area contributed by atoms with Gasteiger partial charge in [0, 0.05) is 28.1 Å². The summed E-state index contributed by atoms with van der Waals surface area (Å²) in [7, 11) is 0. The summed E-state index contributed by atoms with van der Waals surface area (Å²) in [4.78, 5) is 4.69. The molecule has 1 aliphatic heterocycles. The molecule has 3 heteroatoms. The lowest BCUT2D eigenvalue weighted by molar-refractivity contribution is 0.487. The molecule has 262 valence electrons. The Morgan fingerprint density at radius 1 is 0.386 bits per heavy atom. The van der Waals surface area contributed by atoms with E-state index in [4.69, 9.17) is 9.72 Å². The average Bonchev–Trinajstić information content (AvgIpc) is 3.28. The van der Waals surface area contributed by atoms with Crippen molar-refractivity contribution in [2.24, 2.45) is 0 Å². The van der Waals surface area contributed by atoms with E-state index in [0.29, 0.717) is 5.56 Å². The molecule has 3 nitrogen and oxygen atoms in total. The first-order chi connectivity index (χ1) is 28.2. The average molecular weight is 723 g/mol. The molecule has 11 aromatic rings. The predicted octanol–water partition coefficient (Wildman–Crippen LogP) is 14.6. The fourth-order valence-electron chi connectivity index (χ4n) is 9.25. The standard InChI is InChI=1S/C54H30N2O/c55-31-32-9-22-44-48-28-27-42(45-7-2-8-49(53(45)48)57-50(44)30-32)35-12-10-33(11-13-35)40-23-18-37-21-26-47-41(24-19-38-20-25-46(40)51(37)52(38)47)34-14-16-36(17-15-34)43-6-1-4-39-5-3-29-56-54(39)43/h1-30H. The molecule has 0 amide bonds. The molecule has 0 saturated heterocycles. The third-order valence-corrected chi connectivity index (χ3v) is 11.9. The molecule has 0 saturated carbocycles. The third kappa shape index (κ3) is 4.75. The van der Waals surface area contributed by atoms with Crippen LogP contribution >= 0.6 is 0 Å². The van der Waals surface area contributed by atoms with Gasteiger partial charge in [0.05, 0.1) is 17.1 Å². The number of hydrogen-bond acceptors (Lipinski definition) is 3. The summed E-state index contributed by atoms with van der Waals surface area (Å²) in [6, 6.07) is 65.2. The molecule has 0 unspecified atom stereocenters. The number of fused-ring (bicyclic) bond motifs is 3. The van der Waals surface area contributed by atoms with Crippen molar-refractivity contribution in [1.82, 2.24) is 4.98 Å². The van der Waals surface area contributed by atoms with Crippen LogP contribution in [-0.4, -0.2) is 4.98 Å². The molecular weight excluding hydrogens is 693 g/mol. The van der Waals surface area contributed by atoms with Crippen molar-refractivity contribution in [3.63, 3.8) is 0 Å². The lowest BCUT2D eigenvalue weighted by Crippen LogP contribution is -1.98. The maximum Gasteiger partial charge on any atom is 0.136 e. The monoisotopic (exact) mass is 722 g/mol. The number of pyridine rings is 1. The molecule has 1 aromatic heterocycles. The van der Waals surface area contributed by atoms with Gasteiger partial charge in [0.2, 0.25) is 0 Å². The second-order valence-corrected chi connectivity index (χ2v) is 14.9. The van der Waals surface area contributed by atoms with Crippen LogP contribution in [0.1, 0.15) is 5.56 Å². The molecule has 2 heterocycles. The van der Waals surface area contributed by atoms with E-state index < -0.39 is 0 Å². The van der Waals surface area contributed by atoms with Gasteiger partial charge in [-0.05, 0) is 113 Å². The normalized spacial score (nSPS) is 12.0. The van der Waals surface area contributed by atoms with Gasteiger partial charge in [-0.25, -0.2) is 0 Å². The molecule has 1 aliphatic rings. The van der Waals surface area contributed by atoms with Gasteiger partial charge in [-0.15, -0.1) is 0 Å². The smallest absolute Gasteiger partial charge is 0.136 e. The van der Waals surface area contributed by atoms with Crippen LogP contribution in [0.5, 0.6) is 11.5 Å². The van der Waals surface area contributed by atoms with Crippen molar-refractivity contribution >= 4 is 54.0 Å². The van der Waals surface area contributed by atoms with Crippen LogP contribution in [0, 0.1) is 11.3 Å². The highest BCUT2D eigenvalue weighted by atomic mass is 16.5. The molecule has 0 bridgehead atoms. The Kier molecular flexibility index (Phi) is 6.70. The highest BCUT2D eigenvalue weighted by molar-refractivity contribution is 6.27. The minimum absolute atomic E-state index is 0.591. The van der Waals surface area contributed by atoms with Crippen molar-refractivity contribution in [3.8, 4) is 73.2 Å². The summed E-state index contributed by atoms with van der Waals surface area (Å²) >= 11 is 0. The van der Waals surface area contributed by atoms with E-state index in [0.717, 1.165) is 66.6 Å². The number of ether oxygens (including phenoxy) is 1. The van der Waals surface area contributed by atoms with Gasteiger partial charge in [-0.3, -0.25) is 4.98 Å². The number of aromatic nitrogens is 1. The summed E-state index contributed by atoms with van der Waals surface area (Å²) < 4.78 is 6.36. The first-order valence-electron chi connectivity index (χ1n) is 19.2. The fourth-order valence-corrected chi connectivity index (χ4v) is 9.25. The van der Waals surface area contributed by atoms with Gasteiger partial charge in [0.25, 0.3) is 0 Å². The largest absolute Gasteiger partial charge is 0.456 e. The van der Waals surface area contributed by atoms with E-state index >= 15 is 0 Å². The molecule has 0 fully saturated rings. The van der Waals surface area contributed by atoms with Crippen LogP contribution in [-0.2, 0) is 0 Å². The van der Waals surface area contributed by atoms with Crippen LogP contribution in [0.3, 0.4) is 0 Å². The van der Waals surface area contributed by atoms with Gasteiger partial charge in [0.1, 0.15) is 11.5 Å². The Bertz CT molecular complexity index is 3480. The molecule has 0 N–H and O–H groups in total. The number of nitriles is 1. The molecule has 0 aliphatic carbocycles. The summed E-state index contributed by atoms with van der Waals surface area (Å²) in [5.74, 6) is 1.54. The van der Waals surface area contributed by atoms with E-state index in [2.05, 4.69) is 146 Å². The van der Waals surface area contributed by atoms with Gasteiger partial charge >= 0.3 is 0 Å². The van der Waals surface area contributed by atoms with Gasteiger partial charge < -0.3 is 4.74 Å². The van der Waals surface area contributed by atoms with Crippen molar-refractivity contribution in [3.05, 3.63) is 188 Å². The summed E-state index contributed by atoms with van der Waals surface area (Å²) in [5.41, 5.74) is 13.2. The van der Waals surface area contributed by atoms with Gasteiger partial charge in [0.15, 0.2) is 0 Å². The number of hydrogen-bond donors (Lipinski definition) is 0. The van der Waals surface area contributed by atoms with E-state index in [1.165, 1.54) is 54.6 Å². The van der Waals surface area contributed by atoms with E-state index in [1.54, 1.807) is 0 Å². The second-order valence-electron chi connectivity index (χ2n) is 14.9. The van der Waals surface area contributed by atoms with Crippen molar-refractivity contribution in [2.45, 2.75) is 0 Å². The number of para-hydroxylation sites is 1. The zero-order chi connectivity index (χ0) is 37.6. The number of rotatable bonds is 4. The Labute approximate surface area is 328 Å². The van der Waals surface area contributed by atoms with Gasteiger partial charge in [-0.1, -0.05) is 146 Å². The zero-order valence-corrected chi connectivity index (χ0v) is 30.6. The van der Waals surface area contributed by atoms with Crippen LogP contribution in [0.4, 0.5) is 0 Å². The highest BCUT2D eigenvalue weighted by Crippen LogP contribution is 2.49. The third-order valence-electron chi connectivity index (χ3n) is 11.9. The predicted molar refractivity (Wildman–Crippen MR) is 235 cm³/mol. The van der Waals surface area contributed by atoms with Gasteiger partial charge in [-0.2, -0.15) is 5.26 Å². The molecule has 0 radical (unpaired) electrons. The Morgan fingerprint density at radius 2 is 0.912 bits per heavy atom. The number of nitrogens with zero attached hydrogens (tertiary/aromatic N) is 2. The maximum atomic E-state index is 9.46. The topological polar surface area (TPSA) is 45.9 Å². The van der Waals surface area contributed by atoms with Crippen LogP contribution in [0.2, 0.25) is 0 Å². The zero-order valence-electron chi connectivity index (χ0n) is 30.6. The first kappa shape index (κ1) is 31.5. The lowest BCUT2D eigenvalue weighted by Gasteiger charge is -2.22. The SMILES string of the molecule is N#Cc1ccc2c(c1)Oc1cccc3c(-c4ccc(-c5ccc6ccc7c(-c8ccc(-c9cccc%10cccnc9%10)cc8)ccc8ccc5c6c87)cc4)ccc-2c13. The summed E-state index contributed by atoms with van der Waals surface area (Å²) in [6.45, 7) is 0. The van der Waals surface area contributed by atoms with Crippen molar-refractivity contribution in [2.75, 3.05) is 0 Å². The Hall–Kier alpha value is -7.80.